The number of morpholine rings is 1. The molecule has 2 unspecified atom stereocenters. The molecule has 2 aliphatic rings. The van der Waals surface area contributed by atoms with Crippen LogP contribution >= 0.6 is 0 Å². The normalized spacial score (nSPS) is 26.1. The second-order valence-corrected chi connectivity index (χ2v) is 5.89. The fraction of sp³-hybridized carbons (Fsp3) is 0.588. The molecular formula is C17H23NO3. The van der Waals surface area contributed by atoms with Crippen molar-refractivity contribution in [1.29, 1.82) is 0 Å². The molecule has 4 heteroatoms. The summed E-state index contributed by atoms with van der Waals surface area (Å²) in [7, 11) is 1.62. The second kappa shape index (κ2) is 6.58. The summed E-state index contributed by atoms with van der Waals surface area (Å²) in [6.45, 7) is 2.08. The van der Waals surface area contributed by atoms with Gasteiger partial charge < -0.3 is 9.47 Å². The van der Waals surface area contributed by atoms with E-state index in [0.29, 0.717) is 18.7 Å². The predicted molar refractivity (Wildman–Crippen MR) is 80.9 cm³/mol. The first-order valence-corrected chi connectivity index (χ1v) is 7.81. The summed E-state index contributed by atoms with van der Waals surface area (Å²) in [4.78, 5) is 14.8. The van der Waals surface area contributed by atoms with E-state index in [1.807, 2.05) is 24.3 Å². The van der Waals surface area contributed by atoms with Crippen molar-refractivity contribution in [2.75, 3.05) is 26.8 Å². The minimum absolute atomic E-state index is 0.167. The van der Waals surface area contributed by atoms with E-state index in [-0.39, 0.29) is 5.78 Å². The van der Waals surface area contributed by atoms with Crippen LogP contribution in [-0.4, -0.2) is 49.6 Å². The zero-order valence-corrected chi connectivity index (χ0v) is 12.6. The Bertz CT molecular complexity index is 501. The number of nitrogens with zero attached hydrogens (tertiary/aromatic N) is 1. The van der Waals surface area contributed by atoms with E-state index in [0.717, 1.165) is 37.3 Å². The molecule has 114 valence electrons. The Morgan fingerprint density at radius 3 is 3.10 bits per heavy atom. The number of benzene rings is 1. The van der Waals surface area contributed by atoms with E-state index >= 15 is 0 Å². The lowest BCUT2D eigenvalue weighted by Crippen LogP contribution is -2.53. The number of carbonyl (C=O) groups is 1. The fourth-order valence-electron chi connectivity index (χ4n) is 3.45. The van der Waals surface area contributed by atoms with Crippen molar-refractivity contribution < 1.29 is 14.3 Å². The summed E-state index contributed by atoms with van der Waals surface area (Å²) in [5, 5.41) is 0. The number of ketones is 1. The third kappa shape index (κ3) is 3.27. The lowest BCUT2D eigenvalue weighted by atomic mass is 9.90. The largest absolute Gasteiger partial charge is 0.497 e. The first-order chi connectivity index (χ1) is 10.3. The fourth-order valence-corrected chi connectivity index (χ4v) is 3.45. The first-order valence-electron chi connectivity index (χ1n) is 7.81. The third-order valence-electron chi connectivity index (χ3n) is 4.59. The van der Waals surface area contributed by atoms with Crippen LogP contribution in [-0.2, 0) is 4.74 Å². The van der Waals surface area contributed by atoms with Crippen LogP contribution in [0.25, 0.3) is 0 Å². The molecule has 3 rings (SSSR count). The van der Waals surface area contributed by atoms with Crippen molar-refractivity contribution in [3.63, 3.8) is 0 Å². The standard InChI is InChI=1S/C17H23NO3/c1-20-14-6-4-5-13(11-14)16(19)12-18-9-10-21-17-8-3-2-7-15(17)18/h4-6,11,15,17H,2-3,7-10,12H2,1H3. The third-order valence-corrected chi connectivity index (χ3v) is 4.59. The Labute approximate surface area is 126 Å². The van der Waals surface area contributed by atoms with Crippen molar-refractivity contribution in [3.05, 3.63) is 29.8 Å². The van der Waals surface area contributed by atoms with Gasteiger partial charge in [0.05, 0.1) is 26.4 Å². The van der Waals surface area contributed by atoms with E-state index in [1.54, 1.807) is 7.11 Å². The van der Waals surface area contributed by atoms with Gasteiger partial charge in [-0.2, -0.15) is 0 Å². The van der Waals surface area contributed by atoms with Gasteiger partial charge in [0.1, 0.15) is 5.75 Å². The average Bonchev–Trinajstić information content (AvgIpc) is 2.55. The number of fused-ring (bicyclic) bond motifs is 1. The van der Waals surface area contributed by atoms with Gasteiger partial charge in [0.2, 0.25) is 0 Å². The molecule has 1 heterocycles. The van der Waals surface area contributed by atoms with Gasteiger partial charge in [-0.3, -0.25) is 9.69 Å². The summed E-state index contributed by atoms with van der Waals surface area (Å²) in [6.07, 6.45) is 5.10. The second-order valence-electron chi connectivity index (χ2n) is 5.89. The lowest BCUT2D eigenvalue weighted by molar-refractivity contribution is -0.0846. The van der Waals surface area contributed by atoms with Gasteiger partial charge in [0.25, 0.3) is 0 Å². The molecule has 1 aromatic carbocycles. The smallest absolute Gasteiger partial charge is 0.176 e. The van der Waals surface area contributed by atoms with Gasteiger partial charge in [-0.25, -0.2) is 0 Å². The van der Waals surface area contributed by atoms with Gasteiger partial charge in [-0.15, -0.1) is 0 Å². The summed E-state index contributed by atoms with van der Waals surface area (Å²) >= 11 is 0. The van der Waals surface area contributed by atoms with Gasteiger partial charge in [0, 0.05) is 18.2 Å². The summed E-state index contributed by atoms with van der Waals surface area (Å²) in [6, 6.07) is 7.84. The Kier molecular flexibility index (Phi) is 4.56. The molecule has 2 atom stereocenters. The highest BCUT2D eigenvalue weighted by atomic mass is 16.5. The molecule has 0 radical (unpaired) electrons. The van der Waals surface area contributed by atoms with Crippen LogP contribution in [0, 0.1) is 0 Å². The monoisotopic (exact) mass is 289 g/mol. The first kappa shape index (κ1) is 14.5. The van der Waals surface area contributed by atoms with Crippen LogP contribution in [0.5, 0.6) is 5.75 Å². The molecule has 0 bridgehead atoms. The minimum atomic E-state index is 0.167. The zero-order chi connectivity index (χ0) is 14.7. The maximum atomic E-state index is 12.5. The topological polar surface area (TPSA) is 38.8 Å². The van der Waals surface area contributed by atoms with Crippen LogP contribution in [0.3, 0.4) is 0 Å². The molecule has 1 aliphatic carbocycles. The Morgan fingerprint density at radius 1 is 1.38 bits per heavy atom. The molecule has 4 nitrogen and oxygen atoms in total. The highest BCUT2D eigenvalue weighted by Crippen LogP contribution is 2.28. The van der Waals surface area contributed by atoms with Crippen LogP contribution in [0.1, 0.15) is 36.0 Å². The molecule has 1 aliphatic heterocycles. The van der Waals surface area contributed by atoms with Crippen LogP contribution in [0.4, 0.5) is 0 Å². The average molecular weight is 289 g/mol. The molecule has 21 heavy (non-hydrogen) atoms. The number of carbonyl (C=O) groups excluding carboxylic acids is 1. The molecule has 0 spiro atoms. The van der Waals surface area contributed by atoms with Crippen LogP contribution in [0.15, 0.2) is 24.3 Å². The number of hydrogen-bond acceptors (Lipinski definition) is 4. The quantitative estimate of drug-likeness (QED) is 0.798. The SMILES string of the molecule is COc1cccc(C(=O)CN2CCOC3CCCCC32)c1. The van der Waals surface area contributed by atoms with Crippen molar-refractivity contribution in [2.45, 2.75) is 37.8 Å². The molecular weight excluding hydrogens is 266 g/mol. The number of ether oxygens (including phenoxy) is 2. The highest BCUT2D eigenvalue weighted by Gasteiger charge is 2.34. The number of hydrogen-bond donors (Lipinski definition) is 0. The molecule has 0 aromatic heterocycles. The minimum Gasteiger partial charge on any atom is -0.497 e. The maximum absolute atomic E-state index is 12.5. The number of Topliss-reactive ketones (excluding diaryl/α,β-unsaturated/α-hetero) is 1. The van der Waals surface area contributed by atoms with Crippen molar-refractivity contribution in [1.82, 2.24) is 4.90 Å². The predicted octanol–water partition coefficient (Wildman–Crippen LogP) is 2.52. The molecule has 2 fully saturated rings. The Morgan fingerprint density at radius 2 is 2.24 bits per heavy atom. The van der Waals surface area contributed by atoms with Crippen molar-refractivity contribution in [2.24, 2.45) is 0 Å². The van der Waals surface area contributed by atoms with E-state index in [1.165, 1.54) is 12.8 Å². The van der Waals surface area contributed by atoms with E-state index in [4.69, 9.17) is 9.47 Å². The van der Waals surface area contributed by atoms with Gasteiger partial charge in [-0.05, 0) is 25.0 Å². The van der Waals surface area contributed by atoms with Crippen molar-refractivity contribution in [3.8, 4) is 5.75 Å². The van der Waals surface area contributed by atoms with Gasteiger partial charge in [0.15, 0.2) is 5.78 Å². The molecule has 0 amide bonds. The molecule has 0 N–H and O–H groups in total. The lowest BCUT2D eigenvalue weighted by Gasteiger charge is -2.43. The van der Waals surface area contributed by atoms with Crippen LogP contribution in [0.2, 0.25) is 0 Å². The Hall–Kier alpha value is -1.39. The van der Waals surface area contributed by atoms with Gasteiger partial charge >= 0.3 is 0 Å². The Balaban J connectivity index is 1.68. The number of rotatable bonds is 4. The maximum Gasteiger partial charge on any atom is 0.176 e. The van der Waals surface area contributed by atoms with E-state index in [2.05, 4.69) is 4.90 Å². The van der Waals surface area contributed by atoms with E-state index in [9.17, 15) is 4.79 Å². The zero-order valence-electron chi connectivity index (χ0n) is 12.6. The number of methoxy groups -OCH3 is 1. The highest BCUT2D eigenvalue weighted by molar-refractivity contribution is 5.98. The van der Waals surface area contributed by atoms with Gasteiger partial charge in [-0.1, -0.05) is 25.0 Å². The summed E-state index contributed by atoms with van der Waals surface area (Å²) in [5.74, 6) is 0.901. The summed E-state index contributed by atoms with van der Waals surface area (Å²) < 4.78 is 11.1. The summed E-state index contributed by atoms with van der Waals surface area (Å²) in [5.41, 5.74) is 0.730. The van der Waals surface area contributed by atoms with E-state index < -0.39 is 0 Å². The molecule has 1 aromatic rings. The van der Waals surface area contributed by atoms with Crippen LogP contribution < -0.4 is 4.74 Å². The molecule has 1 saturated heterocycles. The van der Waals surface area contributed by atoms with Crippen molar-refractivity contribution >= 4 is 5.78 Å². The molecule has 1 saturated carbocycles.